The highest BCUT2D eigenvalue weighted by atomic mass is 35.5. The summed E-state index contributed by atoms with van der Waals surface area (Å²) in [6.07, 6.45) is 0.998. The largest absolute Gasteiger partial charge is 0.495 e. The lowest BCUT2D eigenvalue weighted by atomic mass is 10.1. The van der Waals surface area contributed by atoms with Gasteiger partial charge in [0.2, 0.25) is 0 Å². The second-order valence-electron chi connectivity index (χ2n) is 6.50. The first-order valence-electron chi connectivity index (χ1n) is 8.80. The van der Waals surface area contributed by atoms with Crippen molar-refractivity contribution in [2.45, 2.75) is 6.42 Å². The third kappa shape index (κ3) is 4.25. The van der Waals surface area contributed by atoms with Gasteiger partial charge in [0.25, 0.3) is 5.91 Å². The molecule has 5 nitrogen and oxygen atoms in total. The summed E-state index contributed by atoms with van der Waals surface area (Å²) in [5.74, 6) is 1.02. The highest BCUT2D eigenvalue weighted by Gasteiger charge is 2.24. The minimum atomic E-state index is 0. The van der Waals surface area contributed by atoms with Gasteiger partial charge in [-0.2, -0.15) is 0 Å². The van der Waals surface area contributed by atoms with Gasteiger partial charge in [0.05, 0.1) is 12.8 Å². The van der Waals surface area contributed by atoms with Crippen molar-refractivity contribution in [3.8, 4) is 5.75 Å². The van der Waals surface area contributed by atoms with Crippen molar-refractivity contribution < 1.29 is 9.53 Å². The lowest BCUT2D eigenvalue weighted by Crippen LogP contribution is -2.48. The van der Waals surface area contributed by atoms with Gasteiger partial charge in [-0.25, -0.2) is 0 Å². The van der Waals surface area contributed by atoms with Crippen LogP contribution in [0.15, 0.2) is 42.5 Å². The Balaban J connectivity index is 0.00000131. The zero-order valence-corrected chi connectivity index (χ0v) is 16.9. The predicted octanol–water partition coefficient (Wildman–Crippen LogP) is 3.47. The molecule has 0 aromatic heterocycles. The molecule has 4 rings (SSSR count). The fourth-order valence-electron chi connectivity index (χ4n) is 3.66. The van der Waals surface area contributed by atoms with E-state index < -0.39 is 0 Å². The summed E-state index contributed by atoms with van der Waals surface area (Å²) in [6.45, 7) is 4.06. The smallest absolute Gasteiger partial charge is 0.253 e. The van der Waals surface area contributed by atoms with Crippen LogP contribution in [0.3, 0.4) is 0 Å². The maximum Gasteiger partial charge on any atom is 0.253 e. The van der Waals surface area contributed by atoms with E-state index in [2.05, 4.69) is 16.3 Å². The van der Waals surface area contributed by atoms with E-state index in [1.54, 1.807) is 7.11 Å². The van der Waals surface area contributed by atoms with Crippen molar-refractivity contribution >= 4 is 42.1 Å². The lowest BCUT2D eigenvalue weighted by molar-refractivity contribution is 0.0746. The van der Waals surface area contributed by atoms with E-state index >= 15 is 0 Å². The highest BCUT2D eigenvalue weighted by Crippen LogP contribution is 2.29. The third-order valence-corrected chi connectivity index (χ3v) is 5.05. The van der Waals surface area contributed by atoms with Crippen molar-refractivity contribution in [3.63, 3.8) is 0 Å². The normalized spacial score (nSPS) is 15.1. The maximum atomic E-state index is 12.8. The van der Waals surface area contributed by atoms with Crippen LogP contribution in [-0.2, 0) is 6.42 Å². The maximum absolute atomic E-state index is 12.8. The number of halogens is 2. The van der Waals surface area contributed by atoms with Crippen LogP contribution < -0.4 is 15.0 Å². The second-order valence-corrected chi connectivity index (χ2v) is 6.50. The molecule has 146 valence electrons. The number of fused-ring (bicyclic) bond motifs is 1. The number of ether oxygens (including phenoxy) is 1. The van der Waals surface area contributed by atoms with Gasteiger partial charge in [-0.1, -0.05) is 12.1 Å². The van der Waals surface area contributed by atoms with Crippen molar-refractivity contribution in [2.75, 3.05) is 50.1 Å². The number of rotatable bonds is 3. The van der Waals surface area contributed by atoms with E-state index in [1.165, 1.54) is 5.56 Å². The number of hydrogen-bond acceptors (Lipinski definition) is 4. The quantitative estimate of drug-likeness (QED) is 0.842. The Morgan fingerprint density at radius 1 is 1.04 bits per heavy atom. The Kier molecular flexibility index (Phi) is 7.22. The molecule has 1 fully saturated rings. The van der Waals surface area contributed by atoms with Crippen LogP contribution in [0.5, 0.6) is 5.75 Å². The number of hydrogen-bond donors (Lipinski definition) is 1. The van der Waals surface area contributed by atoms with E-state index in [4.69, 9.17) is 4.74 Å². The molecule has 2 aliphatic heterocycles. The number of carbonyl (C=O) groups is 1. The van der Waals surface area contributed by atoms with Crippen LogP contribution in [0.1, 0.15) is 15.9 Å². The molecule has 0 aliphatic carbocycles. The molecule has 0 radical (unpaired) electrons. The van der Waals surface area contributed by atoms with Crippen molar-refractivity contribution in [1.82, 2.24) is 4.90 Å². The fourth-order valence-corrected chi connectivity index (χ4v) is 3.66. The highest BCUT2D eigenvalue weighted by molar-refractivity contribution is 5.95. The van der Waals surface area contributed by atoms with Gasteiger partial charge in [0.15, 0.2) is 0 Å². The monoisotopic (exact) mass is 409 g/mol. The summed E-state index contributed by atoms with van der Waals surface area (Å²) in [7, 11) is 1.70. The van der Waals surface area contributed by atoms with Gasteiger partial charge in [0, 0.05) is 44.0 Å². The van der Waals surface area contributed by atoms with Crippen LogP contribution in [0, 0.1) is 0 Å². The van der Waals surface area contributed by atoms with Gasteiger partial charge < -0.3 is 19.9 Å². The van der Waals surface area contributed by atoms with Crippen molar-refractivity contribution in [2.24, 2.45) is 0 Å². The molecule has 2 heterocycles. The Labute approximate surface area is 172 Å². The van der Waals surface area contributed by atoms with Crippen LogP contribution in [0.4, 0.5) is 11.4 Å². The van der Waals surface area contributed by atoms with Crippen molar-refractivity contribution in [1.29, 1.82) is 0 Å². The van der Waals surface area contributed by atoms with E-state index in [9.17, 15) is 4.79 Å². The van der Waals surface area contributed by atoms with Crippen LogP contribution in [0.25, 0.3) is 0 Å². The van der Waals surface area contributed by atoms with Gasteiger partial charge in [0.1, 0.15) is 5.75 Å². The summed E-state index contributed by atoms with van der Waals surface area (Å²) in [5.41, 5.74) is 4.31. The SMILES string of the molecule is COc1ccccc1N1CCN(C(=O)c2ccc3c(c2)CCN3)CC1.Cl.Cl. The topological polar surface area (TPSA) is 44.8 Å². The molecule has 1 amide bonds. The number of carbonyl (C=O) groups excluding carboxylic acids is 1. The van der Waals surface area contributed by atoms with Crippen LogP contribution in [-0.4, -0.2) is 50.6 Å². The van der Waals surface area contributed by atoms with Gasteiger partial charge in [-0.05, 0) is 42.3 Å². The summed E-state index contributed by atoms with van der Waals surface area (Å²) >= 11 is 0. The van der Waals surface area contributed by atoms with Crippen LogP contribution >= 0.6 is 24.8 Å². The van der Waals surface area contributed by atoms with Crippen LogP contribution in [0.2, 0.25) is 0 Å². The Morgan fingerprint density at radius 3 is 2.52 bits per heavy atom. The number of methoxy groups -OCH3 is 1. The van der Waals surface area contributed by atoms with Gasteiger partial charge in [-0.15, -0.1) is 24.8 Å². The molecular formula is C20H25Cl2N3O2. The molecule has 1 N–H and O–H groups in total. The zero-order chi connectivity index (χ0) is 17.2. The first kappa shape index (κ1) is 21.2. The summed E-state index contributed by atoms with van der Waals surface area (Å²) in [5, 5.41) is 3.34. The molecule has 0 spiro atoms. The average molecular weight is 410 g/mol. The van der Waals surface area contributed by atoms with Crippen molar-refractivity contribution in [3.05, 3.63) is 53.6 Å². The van der Waals surface area contributed by atoms with E-state index in [-0.39, 0.29) is 30.7 Å². The summed E-state index contributed by atoms with van der Waals surface area (Å²) in [6, 6.07) is 14.1. The molecule has 2 aromatic rings. The summed E-state index contributed by atoms with van der Waals surface area (Å²) < 4.78 is 5.46. The molecule has 0 atom stereocenters. The Morgan fingerprint density at radius 2 is 1.78 bits per heavy atom. The number of anilines is 2. The predicted molar refractivity (Wildman–Crippen MR) is 114 cm³/mol. The number of nitrogens with one attached hydrogen (secondary N) is 1. The number of benzene rings is 2. The molecule has 1 saturated heterocycles. The molecule has 0 saturated carbocycles. The third-order valence-electron chi connectivity index (χ3n) is 5.05. The minimum absolute atomic E-state index is 0. The van der Waals surface area contributed by atoms with Gasteiger partial charge >= 0.3 is 0 Å². The average Bonchev–Trinajstić information content (AvgIpc) is 3.15. The molecular weight excluding hydrogens is 385 g/mol. The zero-order valence-electron chi connectivity index (χ0n) is 15.3. The number of nitrogens with zero attached hydrogens (tertiary/aromatic N) is 2. The number of amides is 1. The van der Waals surface area contributed by atoms with E-state index in [0.717, 1.165) is 61.8 Å². The van der Waals surface area contributed by atoms with Gasteiger partial charge in [-0.3, -0.25) is 4.79 Å². The molecule has 0 unspecified atom stereocenters. The Bertz CT molecular complexity index is 793. The number of para-hydroxylation sites is 2. The van der Waals surface area contributed by atoms with E-state index in [1.807, 2.05) is 41.3 Å². The molecule has 27 heavy (non-hydrogen) atoms. The first-order valence-corrected chi connectivity index (χ1v) is 8.80. The Hall–Kier alpha value is -2.11. The number of piperazine rings is 1. The standard InChI is InChI=1S/C20H23N3O2.2ClH/c1-25-19-5-3-2-4-18(19)22-10-12-23(13-11-22)20(24)16-6-7-17-15(14-16)8-9-21-17;;/h2-7,14,21H,8-13H2,1H3;2*1H. The fraction of sp³-hybridized carbons (Fsp3) is 0.350. The molecule has 2 aromatic carbocycles. The van der Waals surface area contributed by atoms with E-state index in [0.29, 0.717) is 0 Å². The molecule has 7 heteroatoms. The lowest BCUT2D eigenvalue weighted by Gasteiger charge is -2.36. The summed E-state index contributed by atoms with van der Waals surface area (Å²) in [4.78, 5) is 17.1. The first-order chi connectivity index (χ1) is 12.3. The molecule has 0 bridgehead atoms. The molecule has 2 aliphatic rings. The second kappa shape index (κ2) is 9.20. The minimum Gasteiger partial charge on any atom is -0.495 e.